The highest BCUT2D eigenvalue weighted by Crippen LogP contribution is 2.38. The average molecular weight is 438 g/mol. The second-order valence-electron chi connectivity index (χ2n) is 8.09. The van der Waals surface area contributed by atoms with E-state index in [1.807, 2.05) is 25.1 Å². The van der Waals surface area contributed by atoms with E-state index < -0.39 is 6.04 Å². The Morgan fingerprint density at radius 3 is 2.68 bits per heavy atom. The molecule has 3 aromatic rings. The fourth-order valence-corrected chi connectivity index (χ4v) is 5.07. The van der Waals surface area contributed by atoms with Gasteiger partial charge in [0.2, 0.25) is 5.91 Å². The van der Waals surface area contributed by atoms with Crippen LogP contribution >= 0.6 is 11.6 Å². The summed E-state index contributed by atoms with van der Waals surface area (Å²) in [7, 11) is 0. The Kier molecular flexibility index (Phi) is 4.99. The minimum absolute atomic E-state index is 0.00282. The Morgan fingerprint density at radius 2 is 1.94 bits per heavy atom. The third-order valence-electron chi connectivity index (χ3n) is 6.37. The molecule has 2 aliphatic heterocycles. The third kappa shape index (κ3) is 3.30. The number of anilines is 1. The lowest BCUT2D eigenvalue weighted by Crippen LogP contribution is -2.46. The summed E-state index contributed by atoms with van der Waals surface area (Å²) in [5.74, 6) is 0.391. The molecule has 1 fully saturated rings. The van der Waals surface area contributed by atoms with E-state index in [0.29, 0.717) is 23.9 Å². The van der Waals surface area contributed by atoms with E-state index in [0.717, 1.165) is 28.8 Å². The molecule has 0 aliphatic carbocycles. The molecule has 2 atom stereocenters. The van der Waals surface area contributed by atoms with Crippen LogP contribution < -0.4 is 9.64 Å². The molecule has 2 amide bonds. The molecule has 5 rings (SSSR count). The second kappa shape index (κ2) is 7.70. The number of carbonyl (C=O) groups is 2. The highest BCUT2D eigenvalue weighted by atomic mass is 35.5. The molecule has 2 aromatic carbocycles. The number of H-pyrrole nitrogens is 1. The Bertz CT molecular complexity index is 1170. The third-order valence-corrected chi connectivity index (χ3v) is 6.60. The summed E-state index contributed by atoms with van der Waals surface area (Å²) in [6, 6.07) is 12.5. The molecular weight excluding hydrogens is 414 g/mol. The number of amides is 2. The number of nitrogens with one attached hydrogen (secondary N) is 1. The lowest BCUT2D eigenvalue weighted by molar-refractivity contribution is -0.123. The number of hydrogen-bond donors (Lipinski definition) is 1. The molecule has 7 heteroatoms. The van der Waals surface area contributed by atoms with Gasteiger partial charge in [-0.1, -0.05) is 11.6 Å². The zero-order chi connectivity index (χ0) is 21.7. The van der Waals surface area contributed by atoms with Gasteiger partial charge in [0.25, 0.3) is 5.91 Å². The molecule has 0 saturated carbocycles. The quantitative estimate of drug-likeness (QED) is 0.611. The second-order valence-corrected chi connectivity index (χ2v) is 8.52. The number of imide groups is 1. The van der Waals surface area contributed by atoms with Crippen LogP contribution in [0.15, 0.2) is 42.5 Å². The molecule has 0 spiro atoms. The van der Waals surface area contributed by atoms with E-state index in [-0.39, 0.29) is 24.3 Å². The van der Waals surface area contributed by atoms with E-state index in [9.17, 15) is 9.59 Å². The number of aromatic nitrogens is 1. The van der Waals surface area contributed by atoms with Gasteiger partial charge in [0.05, 0.1) is 24.8 Å². The van der Waals surface area contributed by atoms with Crippen LogP contribution in [0.25, 0.3) is 10.9 Å². The fraction of sp³-hybridized carbons (Fsp3) is 0.333. The molecule has 31 heavy (non-hydrogen) atoms. The van der Waals surface area contributed by atoms with Gasteiger partial charge >= 0.3 is 0 Å². The highest BCUT2D eigenvalue weighted by Gasteiger charge is 2.45. The molecule has 3 heterocycles. The maximum Gasteiger partial charge on any atom is 0.251 e. The first kappa shape index (κ1) is 20.1. The van der Waals surface area contributed by atoms with Crippen LogP contribution in [0.3, 0.4) is 0 Å². The maximum absolute atomic E-state index is 13.3. The summed E-state index contributed by atoms with van der Waals surface area (Å²) in [4.78, 5) is 33.1. The van der Waals surface area contributed by atoms with Gasteiger partial charge in [0, 0.05) is 34.2 Å². The SMILES string of the molecule is CCOc1ccc(N2C(=O)CC(N3CCc4c([nH]c5ccc(Cl)cc45)C3C)C2=O)cc1. The molecule has 0 bridgehead atoms. The van der Waals surface area contributed by atoms with Crippen molar-refractivity contribution in [3.63, 3.8) is 0 Å². The van der Waals surface area contributed by atoms with Crippen molar-refractivity contribution in [1.29, 1.82) is 0 Å². The molecule has 1 N–H and O–H groups in total. The number of benzene rings is 2. The van der Waals surface area contributed by atoms with Crippen LogP contribution in [-0.4, -0.2) is 40.9 Å². The summed E-state index contributed by atoms with van der Waals surface area (Å²) in [5.41, 5.74) is 3.99. The van der Waals surface area contributed by atoms with Crippen molar-refractivity contribution in [3.8, 4) is 5.75 Å². The molecule has 2 unspecified atom stereocenters. The first-order valence-corrected chi connectivity index (χ1v) is 11.0. The number of aromatic amines is 1. The topological polar surface area (TPSA) is 65.6 Å². The Morgan fingerprint density at radius 1 is 1.16 bits per heavy atom. The molecule has 1 saturated heterocycles. The van der Waals surface area contributed by atoms with Gasteiger partial charge in [-0.15, -0.1) is 0 Å². The minimum Gasteiger partial charge on any atom is -0.494 e. The molecular formula is C24H24ClN3O3. The van der Waals surface area contributed by atoms with Crippen molar-refractivity contribution in [2.24, 2.45) is 0 Å². The van der Waals surface area contributed by atoms with Crippen LogP contribution in [0, 0.1) is 0 Å². The van der Waals surface area contributed by atoms with E-state index in [2.05, 4.69) is 16.8 Å². The van der Waals surface area contributed by atoms with Crippen molar-refractivity contribution in [2.45, 2.75) is 38.8 Å². The predicted molar refractivity (Wildman–Crippen MR) is 121 cm³/mol. The van der Waals surface area contributed by atoms with E-state index in [1.165, 1.54) is 10.5 Å². The molecule has 0 radical (unpaired) electrons. The fourth-order valence-electron chi connectivity index (χ4n) is 4.90. The number of halogens is 1. The van der Waals surface area contributed by atoms with Crippen LogP contribution in [0.1, 0.15) is 37.6 Å². The number of hydrogen-bond acceptors (Lipinski definition) is 4. The first-order valence-electron chi connectivity index (χ1n) is 10.6. The van der Waals surface area contributed by atoms with Crippen molar-refractivity contribution >= 4 is 40.0 Å². The van der Waals surface area contributed by atoms with Gasteiger partial charge < -0.3 is 9.72 Å². The number of rotatable bonds is 4. The monoisotopic (exact) mass is 437 g/mol. The van der Waals surface area contributed by atoms with Gasteiger partial charge in [-0.2, -0.15) is 0 Å². The van der Waals surface area contributed by atoms with Crippen molar-refractivity contribution in [2.75, 3.05) is 18.1 Å². The van der Waals surface area contributed by atoms with Crippen LogP contribution in [-0.2, 0) is 16.0 Å². The average Bonchev–Trinajstić information content (AvgIpc) is 3.27. The summed E-state index contributed by atoms with van der Waals surface area (Å²) in [6.07, 6.45) is 0.999. The zero-order valence-electron chi connectivity index (χ0n) is 17.5. The van der Waals surface area contributed by atoms with Crippen molar-refractivity contribution in [1.82, 2.24) is 9.88 Å². The molecule has 6 nitrogen and oxygen atoms in total. The lowest BCUT2D eigenvalue weighted by atomic mass is 9.96. The van der Waals surface area contributed by atoms with Gasteiger partial charge in [0.15, 0.2) is 0 Å². The van der Waals surface area contributed by atoms with Crippen LogP contribution in [0.5, 0.6) is 5.75 Å². The van der Waals surface area contributed by atoms with Gasteiger partial charge in [-0.3, -0.25) is 14.5 Å². The Labute approximate surface area is 185 Å². The smallest absolute Gasteiger partial charge is 0.251 e. The number of fused-ring (bicyclic) bond motifs is 3. The predicted octanol–water partition coefficient (Wildman–Crippen LogP) is 4.47. The minimum atomic E-state index is -0.461. The van der Waals surface area contributed by atoms with Crippen molar-refractivity contribution < 1.29 is 14.3 Å². The maximum atomic E-state index is 13.3. The largest absolute Gasteiger partial charge is 0.494 e. The summed E-state index contributed by atoms with van der Waals surface area (Å²) in [5, 5.41) is 1.85. The molecule has 1 aromatic heterocycles. The highest BCUT2D eigenvalue weighted by molar-refractivity contribution is 6.31. The van der Waals surface area contributed by atoms with E-state index in [1.54, 1.807) is 24.3 Å². The van der Waals surface area contributed by atoms with Gasteiger partial charge in [-0.25, -0.2) is 4.90 Å². The number of nitrogens with zero attached hydrogens (tertiary/aromatic N) is 2. The van der Waals surface area contributed by atoms with Gasteiger partial charge in [-0.05, 0) is 68.3 Å². The van der Waals surface area contributed by atoms with E-state index in [4.69, 9.17) is 16.3 Å². The standard InChI is InChI=1S/C24H24ClN3O3/c1-3-31-17-7-5-16(6-8-17)28-22(29)13-21(24(28)30)27-11-10-18-19-12-15(25)4-9-20(19)26-23(18)14(27)2/h4-9,12,14,21,26H,3,10-11,13H2,1-2H3. The van der Waals surface area contributed by atoms with Gasteiger partial charge in [0.1, 0.15) is 5.75 Å². The molecule has 160 valence electrons. The van der Waals surface area contributed by atoms with Crippen LogP contribution in [0.2, 0.25) is 5.02 Å². The molecule has 2 aliphatic rings. The lowest BCUT2D eigenvalue weighted by Gasteiger charge is -2.36. The normalized spacial score (nSPS) is 21.7. The number of carbonyl (C=O) groups excluding carboxylic acids is 2. The summed E-state index contributed by atoms with van der Waals surface area (Å²) < 4.78 is 5.46. The van der Waals surface area contributed by atoms with Crippen LogP contribution in [0.4, 0.5) is 5.69 Å². The first-order chi connectivity index (χ1) is 15.0. The zero-order valence-corrected chi connectivity index (χ0v) is 18.3. The summed E-state index contributed by atoms with van der Waals surface area (Å²) >= 11 is 6.20. The Hall–Kier alpha value is -2.83. The number of ether oxygens (including phenoxy) is 1. The van der Waals surface area contributed by atoms with Crippen molar-refractivity contribution in [3.05, 3.63) is 58.7 Å². The Balaban J connectivity index is 1.41. The summed E-state index contributed by atoms with van der Waals surface area (Å²) in [6.45, 7) is 5.29. The van der Waals surface area contributed by atoms with E-state index >= 15 is 0 Å².